The molecule has 0 N–H and O–H groups in total. The molecule has 0 aliphatic heterocycles. The number of hydrogen-bond donors (Lipinski definition) is 0. The number of allylic oxidation sites excluding steroid dienone is 1. The molecule has 76 valence electrons. The minimum absolute atomic E-state index is 0.179. The van der Waals surface area contributed by atoms with Crippen LogP contribution in [0.25, 0.3) is 16.3 Å². The highest BCUT2D eigenvalue weighted by molar-refractivity contribution is 7.13. The average molecular weight is 219 g/mol. The predicted octanol–water partition coefficient (Wildman–Crippen LogP) is 4.14. The van der Waals surface area contributed by atoms with E-state index in [-0.39, 0.29) is 5.83 Å². The smallest absolute Gasteiger partial charge is 0.127 e. The Morgan fingerprint density at radius 2 is 2.40 bits per heavy atom. The van der Waals surface area contributed by atoms with E-state index in [9.17, 15) is 4.39 Å². The Kier molecular flexibility index (Phi) is 2.92. The van der Waals surface area contributed by atoms with E-state index in [1.165, 1.54) is 17.4 Å². The van der Waals surface area contributed by atoms with E-state index in [0.717, 1.165) is 10.4 Å². The number of halogens is 1. The standard InChI is InChI=1S/C12H10FNS/c1-2-11(13)10-6-12(15-8-10)9-4-3-5-14-7-9/h2-8H,1H3/b11-2-. The van der Waals surface area contributed by atoms with Crippen LogP contribution in [-0.4, -0.2) is 4.98 Å². The van der Waals surface area contributed by atoms with Crippen molar-refractivity contribution in [1.29, 1.82) is 0 Å². The molecule has 2 aromatic heterocycles. The number of pyridine rings is 1. The maximum atomic E-state index is 13.2. The maximum Gasteiger partial charge on any atom is 0.127 e. The summed E-state index contributed by atoms with van der Waals surface area (Å²) in [6, 6.07) is 5.69. The van der Waals surface area contributed by atoms with Gasteiger partial charge in [0.05, 0.1) is 0 Å². The van der Waals surface area contributed by atoms with E-state index in [0.29, 0.717) is 5.56 Å². The molecule has 0 fully saturated rings. The van der Waals surface area contributed by atoms with Crippen molar-refractivity contribution in [1.82, 2.24) is 4.98 Å². The summed E-state index contributed by atoms with van der Waals surface area (Å²) in [6.45, 7) is 1.69. The summed E-state index contributed by atoms with van der Waals surface area (Å²) in [6.07, 6.45) is 4.98. The third-order valence-corrected chi connectivity index (χ3v) is 3.05. The first-order chi connectivity index (χ1) is 7.31. The van der Waals surface area contributed by atoms with Crippen LogP contribution in [0.2, 0.25) is 0 Å². The fourth-order valence-electron chi connectivity index (χ4n) is 1.29. The third-order valence-electron chi connectivity index (χ3n) is 2.07. The van der Waals surface area contributed by atoms with Crippen LogP contribution >= 0.6 is 11.3 Å². The highest BCUT2D eigenvalue weighted by atomic mass is 32.1. The first-order valence-electron chi connectivity index (χ1n) is 4.62. The van der Waals surface area contributed by atoms with Crippen LogP contribution in [-0.2, 0) is 0 Å². The summed E-state index contributed by atoms with van der Waals surface area (Å²) in [5.41, 5.74) is 1.67. The SMILES string of the molecule is C/C=C(\F)c1csc(-c2cccnc2)c1. The largest absolute Gasteiger partial charge is 0.264 e. The minimum atomic E-state index is -0.179. The summed E-state index contributed by atoms with van der Waals surface area (Å²) in [5.74, 6) is -0.179. The second-order valence-corrected chi connectivity index (χ2v) is 3.99. The van der Waals surface area contributed by atoms with Gasteiger partial charge in [-0.3, -0.25) is 4.98 Å². The van der Waals surface area contributed by atoms with Crippen molar-refractivity contribution in [2.75, 3.05) is 0 Å². The second-order valence-electron chi connectivity index (χ2n) is 3.08. The molecule has 0 atom stereocenters. The molecule has 1 nitrogen and oxygen atoms in total. The van der Waals surface area contributed by atoms with Gasteiger partial charge in [-0.1, -0.05) is 12.1 Å². The molecule has 0 aromatic carbocycles. The van der Waals surface area contributed by atoms with Gasteiger partial charge in [-0.2, -0.15) is 0 Å². The van der Waals surface area contributed by atoms with Gasteiger partial charge in [-0.15, -0.1) is 11.3 Å². The Labute approximate surface area is 91.9 Å². The molecule has 0 aliphatic carbocycles. The summed E-state index contributed by atoms with van der Waals surface area (Å²) in [7, 11) is 0. The van der Waals surface area contributed by atoms with Crippen LogP contribution in [0.15, 0.2) is 42.0 Å². The average Bonchev–Trinajstić information content (AvgIpc) is 2.78. The van der Waals surface area contributed by atoms with Gasteiger partial charge in [0.25, 0.3) is 0 Å². The Balaban J connectivity index is 2.36. The highest BCUT2D eigenvalue weighted by Gasteiger charge is 2.05. The number of nitrogens with zero attached hydrogens (tertiary/aromatic N) is 1. The van der Waals surface area contributed by atoms with Crippen molar-refractivity contribution in [3.63, 3.8) is 0 Å². The lowest BCUT2D eigenvalue weighted by atomic mass is 10.2. The molecule has 0 radical (unpaired) electrons. The van der Waals surface area contributed by atoms with Crippen molar-refractivity contribution in [2.24, 2.45) is 0 Å². The van der Waals surface area contributed by atoms with Gasteiger partial charge in [-0.05, 0) is 19.1 Å². The van der Waals surface area contributed by atoms with Crippen LogP contribution in [0, 0.1) is 0 Å². The molecule has 0 saturated heterocycles. The van der Waals surface area contributed by atoms with E-state index in [1.54, 1.807) is 19.3 Å². The normalized spacial score (nSPS) is 11.7. The predicted molar refractivity (Wildman–Crippen MR) is 62.3 cm³/mol. The lowest BCUT2D eigenvalue weighted by Gasteiger charge is -1.93. The zero-order valence-corrected chi connectivity index (χ0v) is 9.09. The molecule has 0 spiro atoms. The van der Waals surface area contributed by atoms with Gasteiger partial charge in [0.1, 0.15) is 5.83 Å². The van der Waals surface area contributed by atoms with E-state index >= 15 is 0 Å². The van der Waals surface area contributed by atoms with E-state index in [4.69, 9.17) is 0 Å². The second kappa shape index (κ2) is 4.36. The zero-order valence-electron chi connectivity index (χ0n) is 8.27. The molecular weight excluding hydrogens is 209 g/mol. The van der Waals surface area contributed by atoms with Crippen molar-refractivity contribution in [3.05, 3.63) is 47.6 Å². The summed E-state index contributed by atoms with van der Waals surface area (Å²) in [4.78, 5) is 5.07. The molecule has 0 saturated carbocycles. The minimum Gasteiger partial charge on any atom is -0.264 e. The summed E-state index contributed by atoms with van der Waals surface area (Å²) in [5, 5.41) is 1.82. The van der Waals surface area contributed by atoms with Crippen LogP contribution < -0.4 is 0 Å². The van der Waals surface area contributed by atoms with Gasteiger partial charge in [0.15, 0.2) is 0 Å². The fourth-order valence-corrected chi connectivity index (χ4v) is 2.17. The Morgan fingerprint density at radius 1 is 1.53 bits per heavy atom. The van der Waals surface area contributed by atoms with Crippen LogP contribution in [0.5, 0.6) is 0 Å². The quantitative estimate of drug-likeness (QED) is 0.739. The van der Waals surface area contributed by atoms with Gasteiger partial charge in [-0.25, -0.2) is 4.39 Å². The Morgan fingerprint density at radius 3 is 3.07 bits per heavy atom. The van der Waals surface area contributed by atoms with Crippen molar-refractivity contribution < 1.29 is 4.39 Å². The lowest BCUT2D eigenvalue weighted by Crippen LogP contribution is -1.74. The Bertz CT molecular complexity index is 473. The van der Waals surface area contributed by atoms with Crippen molar-refractivity contribution >= 4 is 17.2 Å². The van der Waals surface area contributed by atoms with E-state index in [2.05, 4.69) is 4.98 Å². The number of hydrogen-bond acceptors (Lipinski definition) is 2. The maximum absolute atomic E-state index is 13.2. The fraction of sp³-hybridized carbons (Fsp3) is 0.0833. The summed E-state index contributed by atoms with van der Waals surface area (Å²) >= 11 is 1.53. The molecular formula is C12H10FNS. The number of aromatic nitrogens is 1. The van der Waals surface area contributed by atoms with Crippen molar-refractivity contribution in [3.8, 4) is 10.4 Å². The first-order valence-corrected chi connectivity index (χ1v) is 5.50. The molecule has 0 aliphatic rings. The third kappa shape index (κ3) is 2.13. The number of thiophene rings is 1. The van der Waals surface area contributed by atoms with E-state index in [1.807, 2.05) is 23.6 Å². The Hall–Kier alpha value is -1.48. The molecule has 0 amide bonds. The van der Waals surface area contributed by atoms with Gasteiger partial charge < -0.3 is 0 Å². The molecule has 0 bridgehead atoms. The van der Waals surface area contributed by atoms with Gasteiger partial charge >= 0.3 is 0 Å². The van der Waals surface area contributed by atoms with Crippen LogP contribution in [0.1, 0.15) is 12.5 Å². The zero-order chi connectivity index (χ0) is 10.7. The molecule has 2 heterocycles. The molecule has 2 rings (SSSR count). The van der Waals surface area contributed by atoms with E-state index < -0.39 is 0 Å². The monoisotopic (exact) mass is 219 g/mol. The summed E-state index contributed by atoms with van der Waals surface area (Å²) < 4.78 is 13.2. The van der Waals surface area contributed by atoms with Crippen LogP contribution in [0.4, 0.5) is 4.39 Å². The van der Waals surface area contributed by atoms with Gasteiger partial charge in [0, 0.05) is 33.8 Å². The molecule has 0 unspecified atom stereocenters. The lowest BCUT2D eigenvalue weighted by molar-refractivity contribution is 0.759. The topological polar surface area (TPSA) is 12.9 Å². The first kappa shape index (κ1) is 10.1. The van der Waals surface area contributed by atoms with Crippen molar-refractivity contribution in [2.45, 2.75) is 6.92 Å². The molecule has 2 aromatic rings. The van der Waals surface area contributed by atoms with Crippen LogP contribution in [0.3, 0.4) is 0 Å². The highest BCUT2D eigenvalue weighted by Crippen LogP contribution is 2.30. The number of rotatable bonds is 2. The molecule has 15 heavy (non-hydrogen) atoms. The molecule has 3 heteroatoms. The van der Waals surface area contributed by atoms with Gasteiger partial charge in [0.2, 0.25) is 0 Å².